The lowest BCUT2D eigenvalue weighted by molar-refractivity contribution is 0.0617. The van der Waals surface area contributed by atoms with Crippen LogP contribution in [0.15, 0.2) is 18.3 Å². The van der Waals surface area contributed by atoms with Crippen molar-refractivity contribution >= 4 is 5.91 Å². The van der Waals surface area contributed by atoms with E-state index in [1.165, 1.54) is 0 Å². The van der Waals surface area contributed by atoms with Crippen LogP contribution in [0.25, 0.3) is 0 Å². The summed E-state index contributed by atoms with van der Waals surface area (Å²) in [6.07, 6.45) is 3.62. The van der Waals surface area contributed by atoms with Gasteiger partial charge in [-0.15, -0.1) is 0 Å². The van der Waals surface area contributed by atoms with E-state index in [0.717, 1.165) is 31.6 Å². The van der Waals surface area contributed by atoms with Crippen LogP contribution < -0.4 is 5.73 Å². The van der Waals surface area contributed by atoms with Gasteiger partial charge in [-0.2, -0.15) is 0 Å². The number of aryl methyl sites for hydroxylation is 1. The van der Waals surface area contributed by atoms with Crippen LogP contribution in [0.2, 0.25) is 0 Å². The van der Waals surface area contributed by atoms with E-state index in [9.17, 15) is 4.79 Å². The van der Waals surface area contributed by atoms with Gasteiger partial charge in [-0.3, -0.25) is 9.78 Å². The molecule has 0 unspecified atom stereocenters. The van der Waals surface area contributed by atoms with E-state index >= 15 is 0 Å². The fourth-order valence-electron chi connectivity index (χ4n) is 2.23. The normalized spacial score (nSPS) is 18.7. The number of carbonyl (C=O) groups excluding carboxylic acids is 1. The topological polar surface area (TPSA) is 59.2 Å². The van der Waals surface area contributed by atoms with Gasteiger partial charge in [-0.1, -0.05) is 6.92 Å². The maximum Gasteiger partial charge on any atom is 0.255 e. The SMILES string of the molecule is Cc1ccc(C(=O)N2CCC(C)(CN)CC2)cn1. The van der Waals surface area contributed by atoms with E-state index < -0.39 is 0 Å². The van der Waals surface area contributed by atoms with Crippen molar-refractivity contribution in [1.29, 1.82) is 0 Å². The van der Waals surface area contributed by atoms with Gasteiger partial charge >= 0.3 is 0 Å². The number of nitrogens with zero attached hydrogens (tertiary/aromatic N) is 2. The van der Waals surface area contributed by atoms with E-state index in [1.54, 1.807) is 6.20 Å². The molecular formula is C14H21N3O. The number of piperidine rings is 1. The van der Waals surface area contributed by atoms with Crippen LogP contribution in [0.5, 0.6) is 0 Å². The zero-order chi connectivity index (χ0) is 13.2. The summed E-state index contributed by atoms with van der Waals surface area (Å²) in [5.41, 5.74) is 7.58. The standard InChI is InChI=1S/C14H21N3O/c1-11-3-4-12(9-16-11)13(18)17-7-5-14(2,10-15)6-8-17/h3-4,9H,5-8,10,15H2,1-2H3. The fourth-order valence-corrected chi connectivity index (χ4v) is 2.23. The highest BCUT2D eigenvalue weighted by atomic mass is 16.2. The number of hydrogen-bond acceptors (Lipinski definition) is 3. The Bertz CT molecular complexity index is 419. The van der Waals surface area contributed by atoms with Crippen LogP contribution in [0.1, 0.15) is 35.8 Å². The Balaban J connectivity index is 2.01. The average Bonchev–Trinajstić information content (AvgIpc) is 2.40. The minimum atomic E-state index is 0.0848. The average molecular weight is 247 g/mol. The molecule has 1 aliphatic rings. The minimum Gasteiger partial charge on any atom is -0.339 e. The predicted octanol–water partition coefficient (Wildman–Crippen LogP) is 1.59. The minimum absolute atomic E-state index is 0.0848. The van der Waals surface area contributed by atoms with Crippen LogP contribution in [-0.4, -0.2) is 35.4 Å². The van der Waals surface area contributed by atoms with Crippen LogP contribution in [-0.2, 0) is 0 Å². The van der Waals surface area contributed by atoms with Gasteiger partial charge < -0.3 is 10.6 Å². The molecule has 1 amide bonds. The first kappa shape index (κ1) is 13.0. The number of pyridine rings is 1. The summed E-state index contributed by atoms with van der Waals surface area (Å²) in [6.45, 7) is 6.39. The Morgan fingerprint density at radius 2 is 2.11 bits per heavy atom. The third-order valence-corrected chi connectivity index (χ3v) is 3.91. The molecule has 0 bridgehead atoms. The molecule has 2 N–H and O–H groups in total. The molecular weight excluding hydrogens is 226 g/mol. The largest absolute Gasteiger partial charge is 0.339 e. The lowest BCUT2D eigenvalue weighted by Gasteiger charge is -2.38. The Morgan fingerprint density at radius 1 is 1.44 bits per heavy atom. The molecule has 2 heterocycles. The quantitative estimate of drug-likeness (QED) is 0.863. The van der Waals surface area contributed by atoms with Gasteiger partial charge in [-0.05, 0) is 43.9 Å². The Kier molecular flexibility index (Phi) is 3.66. The lowest BCUT2D eigenvalue weighted by Crippen LogP contribution is -2.44. The third-order valence-electron chi connectivity index (χ3n) is 3.91. The highest BCUT2D eigenvalue weighted by molar-refractivity contribution is 5.94. The number of aromatic nitrogens is 1. The zero-order valence-corrected chi connectivity index (χ0v) is 11.1. The maximum absolute atomic E-state index is 12.3. The number of likely N-dealkylation sites (tertiary alicyclic amines) is 1. The molecule has 0 radical (unpaired) electrons. The zero-order valence-electron chi connectivity index (χ0n) is 11.1. The first-order chi connectivity index (χ1) is 8.54. The molecule has 0 spiro atoms. The van der Waals surface area contributed by atoms with E-state index in [1.807, 2.05) is 24.0 Å². The van der Waals surface area contributed by atoms with Crippen molar-refractivity contribution in [1.82, 2.24) is 9.88 Å². The summed E-state index contributed by atoms with van der Waals surface area (Å²) in [5.74, 6) is 0.0848. The van der Waals surface area contributed by atoms with E-state index in [2.05, 4.69) is 11.9 Å². The Labute approximate surface area is 108 Å². The summed E-state index contributed by atoms with van der Waals surface area (Å²) in [4.78, 5) is 18.3. The Hall–Kier alpha value is -1.42. The monoisotopic (exact) mass is 247 g/mol. The number of nitrogens with two attached hydrogens (primary N) is 1. The predicted molar refractivity (Wildman–Crippen MR) is 71.3 cm³/mol. The van der Waals surface area contributed by atoms with E-state index in [4.69, 9.17) is 5.73 Å². The van der Waals surface area contributed by atoms with Crippen LogP contribution in [0, 0.1) is 12.3 Å². The molecule has 18 heavy (non-hydrogen) atoms. The molecule has 0 saturated carbocycles. The second kappa shape index (κ2) is 5.06. The smallest absolute Gasteiger partial charge is 0.255 e. The molecule has 1 saturated heterocycles. The number of carbonyl (C=O) groups is 1. The van der Waals surface area contributed by atoms with Gasteiger partial charge in [0.05, 0.1) is 5.56 Å². The second-order valence-corrected chi connectivity index (χ2v) is 5.50. The summed E-state index contributed by atoms with van der Waals surface area (Å²) < 4.78 is 0. The highest BCUT2D eigenvalue weighted by Crippen LogP contribution is 2.29. The van der Waals surface area contributed by atoms with Gasteiger partial charge in [0.2, 0.25) is 0 Å². The molecule has 1 aliphatic heterocycles. The van der Waals surface area contributed by atoms with Gasteiger partial charge in [0.15, 0.2) is 0 Å². The van der Waals surface area contributed by atoms with Crippen molar-refractivity contribution < 1.29 is 4.79 Å². The van der Waals surface area contributed by atoms with Crippen LogP contribution in [0.3, 0.4) is 0 Å². The van der Waals surface area contributed by atoms with Crippen LogP contribution in [0.4, 0.5) is 0 Å². The molecule has 0 atom stereocenters. The van der Waals surface area contributed by atoms with Gasteiger partial charge in [0.25, 0.3) is 5.91 Å². The van der Waals surface area contributed by atoms with Crippen molar-refractivity contribution in [2.45, 2.75) is 26.7 Å². The van der Waals surface area contributed by atoms with Crippen molar-refractivity contribution in [3.05, 3.63) is 29.6 Å². The molecule has 2 rings (SSSR count). The first-order valence-electron chi connectivity index (χ1n) is 6.46. The molecule has 4 heteroatoms. The first-order valence-corrected chi connectivity index (χ1v) is 6.46. The highest BCUT2D eigenvalue weighted by Gasteiger charge is 2.30. The number of amides is 1. The van der Waals surface area contributed by atoms with Crippen molar-refractivity contribution in [2.75, 3.05) is 19.6 Å². The summed E-state index contributed by atoms with van der Waals surface area (Å²) in [6, 6.07) is 3.72. The fraction of sp³-hybridized carbons (Fsp3) is 0.571. The summed E-state index contributed by atoms with van der Waals surface area (Å²) in [5, 5.41) is 0. The molecule has 0 aromatic carbocycles. The molecule has 4 nitrogen and oxygen atoms in total. The van der Waals surface area contributed by atoms with E-state index in [-0.39, 0.29) is 11.3 Å². The maximum atomic E-state index is 12.3. The number of hydrogen-bond donors (Lipinski definition) is 1. The molecule has 0 aliphatic carbocycles. The van der Waals surface area contributed by atoms with Crippen molar-refractivity contribution in [3.8, 4) is 0 Å². The van der Waals surface area contributed by atoms with Crippen molar-refractivity contribution in [3.63, 3.8) is 0 Å². The lowest BCUT2D eigenvalue weighted by atomic mass is 9.80. The van der Waals surface area contributed by atoms with E-state index in [0.29, 0.717) is 12.1 Å². The number of rotatable bonds is 2. The summed E-state index contributed by atoms with van der Waals surface area (Å²) >= 11 is 0. The molecule has 1 aromatic heterocycles. The Morgan fingerprint density at radius 3 is 2.61 bits per heavy atom. The molecule has 1 aromatic rings. The third kappa shape index (κ3) is 2.70. The van der Waals surface area contributed by atoms with Gasteiger partial charge in [0.1, 0.15) is 0 Å². The second-order valence-electron chi connectivity index (χ2n) is 5.50. The van der Waals surface area contributed by atoms with Gasteiger partial charge in [-0.25, -0.2) is 0 Å². The molecule has 98 valence electrons. The summed E-state index contributed by atoms with van der Waals surface area (Å²) in [7, 11) is 0. The molecule has 1 fully saturated rings. The van der Waals surface area contributed by atoms with Gasteiger partial charge in [0, 0.05) is 25.0 Å². The van der Waals surface area contributed by atoms with Crippen LogP contribution >= 0.6 is 0 Å². The van der Waals surface area contributed by atoms with Crippen molar-refractivity contribution in [2.24, 2.45) is 11.1 Å².